The predicted octanol–water partition coefficient (Wildman–Crippen LogP) is 1.98. The fraction of sp³-hybridized carbons (Fsp3) is 0.333. The summed E-state index contributed by atoms with van der Waals surface area (Å²) in [4.78, 5) is 37.3. The first kappa shape index (κ1) is 23.2. The number of rotatable bonds is 8. The fourth-order valence-electron chi connectivity index (χ4n) is 3.15. The normalized spacial score (nSPS) is 15.8. The van der Waals surface area contributed by atoms with E-state index in [-0.39, 0.29) is 42.4 Å². The molecule has 160 valence electrons. The molecule has 0 amide bonds. The summed E-state index contributed by atoms with van der Waals surface area (Å²) in [5, 5.41) is 3.22. The van der Waals surface area contributed by atoms with E-state index in [2.05, 4.69) is 5.32 Å². The van der Waals surface area contributed by atoms with Crippen molar-refractivity contribution in [3.05, 3.63) is 63.2 Å². The highest BCUT2D eigenvalue weighted by Gasteiger charge is 2.41. The van der Waals surface area contributed by atoms with Crippen LogP contribution in [0.2, 0.25) is 5.02 Å². The van der Waals surface area contributed by atoms with Gasteiger partial charge < -0.3 is 25.3 Å². The van der Waals surface area contributed by atoms with E-state index < -0.39 is 17.9 Å². The van der Waals surface area contributed by atoms with Crippen LogP contribution in [0.15, 0.2) is 52.6 Å². The van der Waals surface area contributed by atoms with E-state index in [4.69, 9.17) is 31.5 Å². The van der Waals surface area contributed by atoms with Crippen LogP contribution in [0.3, 0.4) is 0 Å². The maximum absolute atomic E-state index is 13.0. The zero-order valence-electron chi connectivity index (χ0n) is 16.9. The van der Waals surface area contributed by atoms with Crippen molar-refractivity contribution in [2.24, 2.45) is 5.73 Å². The van der Waals surface area contributed by atoms with E-state index in [1.54, 1.807) is 44.1 Å². The molecule has 1 aliphatic rings. The van der Waals surface area contributed by atoms with Crippen LogP contribution < -0.4 is 11.1 Å². The van der Waals surface area contributed by atoms with Crippen molar-refractivity contribution in [1.29, 1.82) is 0 Å². The van der Waals surface area contributed by atoms with Crippen LogP contribution in [0.4, 0.5) is 0 Å². The number of halogens is 1. The molecule has 8 nitrogen and oxygen atoms in total. The van der Waals surface area contributed by atoms with Crippen molar-refractivity contribution in [1.82, 2.24) is 5.32 Å². The van der Waals surface area contributed by atoms with Crippen molar-refractivity contribution in [3.8, 4) is 0 Å². The molecule has 1 aliphatic heterocycles. The van der Waals surface area contributed by atoms with Gasteiger partial charge >= 0.3 is 11.9 Å². The van der Waals surface area contributed by atoms with E-state index in [9.17, 15) is 14.4 Å². The van der Waals surface area contributed by atoms with Crippen molar-refractivity contribution in [2.45, 2.75) is 19.8 Å². The number of esters is 2. The van der Waals surface area contributed by atoms with Gasteiger partial charge in [0.25, 0.3) is 0 Å². The average molecular weight is 435 g/mol. The SMILES string of the molecule is CCOC(=O)C1=C(C(=C=O)OCCN)NC(C)=C(C(=O)OC)C1c1ccccc1Cl. The van der Waals surface area contributed by atoms with Gasteiger partial charge in [-0.25, -0.2) is 14.4 Å². The molecule has 0 fully saturated rings. The van der Waals surface area contributed by atoms with Gasteiger partial charge in [0.2, 0.25) is 5.76 Å². The minimum Gasteiger partial charge on any atom is -0.480 e. The van der Waals surface area contributed by atoms with Crippen LogP contribution in [0.25, 0.3) is 0 Å². The number of carbonyl (C=O) groups is 2. The summed E-state index contributed by atoms with van der Waals surface area (Å²) in [6.07, 6.45) is 0. The van der Waals surface area contributed by atoms with Crippen molar-refractivity contribution >= 4 is 29.5 Å². The number of dihydropyridines is 1. The van der Waals surface area contributed by atoms with Crippen LogP contribution in [0.5, 0.6) is 0 Å². The molecular formula is C21H23ClN2O6. The van der Waals surface area contributed by atoms with Gasteiger partial charge in [0.05, 0.1) is 30.8 Å². The molecular weight excluding hydrogens is 412 g/mol. The minimum atomic E-state index is -0.966. The highest BCUT2D eigenvalue weighted by atomic mass is 35.5. The Morgan fingerprint density at radius 3 is 2.47 bits per heavy atom. The highest BCUT2D eigenvalue weighted by Crippen LogP contribution is 2.42. The Morgan fingerprint density at radius 2 is 1.90 bits per heavy atom. The van der Waals surface area contributed by atoms with Crippen LogP contribution in [0, 0.1) is 0 Å². The number of allylic oxidation sites excluding steroid dienone is 1. The van der Waals surface area contributed by atoms with Gasteiger partial charge in [-0.2, -0.15) is 0 Å². The Labute approximate surface area is 179 Å². The van der Waals surface area contributed by atoms with Crippen LogP contribution >= 0.6 is 11.6 Å². The predicted molar refractivity (Wildman–Crippen MR) is 110 cm³/mol. The molecule has 1 aromatic carbocycles. The number of hydrogen-bond donors (Lipinski definition) is 2. The quantitative estimate of drug-likeness (QED) is 0.362. The second kappa shape index (κ2) is 10.6. The molecule has 0 saturated heterocycles. The number of hydrogen-bond acceptors (Lipinski definition) is 8. The molecule has 0 aromatic heterocycles. The molecule has 30 heavy (non-hydrogen) atoms. The number of nitrogens with two attached hydrogens (primary N) is 1. The van der Waals surface area contributed by atoms with E-state index in [1.807, 2.05) is 0 Å². The van der Waals surface area contributed by atoms with E-state index in [0.717, 1.165) is 0 Å². The summed E-state index contributed by atoms with van der Waals surface area (Å²) in [7, 11) is 1.23. The third kappa shape index (κ3) is 4.74. The van der Waals surface area contributed by atoms with E-state index >= 15 is 0 Å². The summed E-state index contributed by atoms with van der Waals surface area (Å²) in [6.45, 7) is 3.50. The zero-order chi connectivity index (χ0) is 22.3. The number of ether oxygens (including phenoxy) is 3. The Bertz CT molecular complexity index is 947. The molecule has 1 atom stereocenters. The third-order valence-corrected chi connectivity index (χ3v) is 4.71. The molecule has 1 unspecified atom stereocenters. The molecule has 9 heteroatoms. The Kier molecular flexibility index (Phi) is 8.24. The fourth-order valence-corrected chi connectivity index (χ4v) is 3.39. The lowest BCUT2D eigenvalue weighted by atomic mass is 9.80. The third-order valence-electron chi connectivity index (χ3n) is 4.36. The second-order valence-electron chi connectivity index (χ2n) is 6.19. The largest absolute Gasteiger partial charge is 0.480 e. The monoisotopic (exact) mass is 434 g/mol. The molecule has 1 heterocycles. The molecule has 0 saturated carbocycles. The summed E-state index contributed by atoms with van der Waals surface area (Å²) >= 11 is 6.41. The van der Waals surface area contributed by atoms with Gasteiger partial charge in [0.1, 0.15) is 12.3 Å². The maximum atomic E-state index is 13.0. The molecule has 0 spiro atoms. The number of nitrogens with one attached hydrogen (secondary N) is 1. The Hall–Kier alpha value is -3.06. The Morgan fingerprint density at radius 1 is 1.20 bits per heavy atom. The van der Waals surface area contributed by atoms with Crippen LogP contribution in [-0.2, 0) is 28.6 Å². The van der Waals surface area contributed by atoms with Gasteiger partial charge in [-0.1, -0.05) is 29.8 Å². The Balaban J connectivity index is 2.84. The van der Waals surface area contributed by atoms with Crippen LogP contribution in [-0.4, -0.2) is 44.7 Å². The minimum absolute atomic E-state index is 0.0219. The summed E-state index contributed by atoms with van der Waals surface area (Å²) < 4.78 is 15.6. The molecule has 2 rings (SSSR count). The molecule has 0 bridgehead atoms. The summed E-state index contributed by atoms with van der Waals surface area (Å²) in [6, 6.07) is 6.75. The van der Waals surface area contributed by atoms with Gasteiger partial charge in [0.15, 0.2) is 5.94 Å². The van der Waals surface area contributed by atoms with Gasteiger partial charge in [-0.3, -0.25) is 0 Å². The maximum Gasteiger partial charge on any atom is 0.337 e. The zero-order valence-corrected chi connectivity index (χ0v) is 17.7. The number of benzene rings is 1. The van der Waals surface area contributed by atoms with E-state index in [1.165, 1.54) is 7.11 Å². The highest BCUT2D eigenvalue weighted by molar-refractivity contribution is 6.31. The van der Waals surface area contributed by atoms with Gasteiger partial charge in [-0.15, -0.1) is 0 Å². The first-order valence-corrected chi connectivity index (χ1v) is 9.59. The average Bonchev–Trinajstić information content (AvgIpc) is 2.73. The molecule has 1 aromatic rings. The summed E-state index contributed by atoms with van der Waals surface area (Å²) in [5.74, 6) is -0.948. The first-order chi connectivity index (χ1) is 14.4. The van der Waals surface area contributed by atoms with Crippen LogP contribution in [0.1, 0.15) is 25.3 Å². The molecule has 0 aliphatic carbocycles. The number of methoxy groups -OCH3 is 1. The van der Waals surface area contributed by atoms with Crippen molar-refractivity contribution in [2.75, 3.05) is 26.9 Å². The lowest BCUT2D eigenvalue weighted by Crippen LogP contribution is -2.34. The van der Waals surface area contributed by atoms with Gasteiger partial charge in [-0.05, 0) is 25.5 Å². The molecule has 3 N–H and O–H groups in total. The van der Waals surface area contributed by atoms with Crippen molar-refractivity contribution in [3.63, 3.8) is 0 Å². The lowest BCUT2D eigenvalue weighted by Gasteiger charge is -2.31. The van der Waals surface area contributed by atoms with Gasteiger partial charge in [0, 0.05) is 17.3 Å². The second-order valence-corrected chi connectivity index (χ2v) is 6.59. The first-order valence-electron chi connectivity index (χ1n) is 9.21. The standard InChI is InChI=1S/C21H23ClN2O6/c1-4-29-21(27)18-17(13-7-5-6-8-14(13)22)16(20(26)28-3)12(2)24-19(18)15(11-25)30-10-9-23/h5-8,17,24H,4,9-10,23H2,1-3H3. The van der Waals surface area contributed by atoms with Crippen molar-refractivity contribution < 1.29 is 28.6 Å². The number of carbonyl (C=O) groups excluding carboxylic acids is 3. The smallest absolute Gasteiger partial charge is 0.337 e. The summed E-state index contributed by atoms with van der Waals surface area (Å²) in [5.41, 5.74) is 6.45. The topological polar surface area (TPSA) is 117 Å². The van der Waals surface area contributed by atoms with E-state index in [0.29, 0.717) is 16.3 Å². The lowest BCUT2D eigenvalue weighted by molar-refractivity contribution is -0.139. The molecule has 0 radical (unpaired) electrons.